The molecule has 0 heterocycles. The summed E-state index contributed by atoms with van der Waals surface area (Å²) in [5.74, 6) is 0.0665. The minimum atomic E-state index is -0.977. The number of aliphatic hydroxyl groups excluding tert-OH is 1. The second-order valence-electron chi connectivity index (χ2n) is 3.85. The Kier molecular flexibility index (Phi) is 3.84. The van der Waals surface area contributed by atoms with Crippen molar-refractivity contribution in [3.8, 4) is 5.75 Å². The molecule has 0 fully saturated rings. The van der Waals surface area contributed by atoms with Crippen LogP contribution in [0.2, 0.25) is 5.02 Å². The van der Waals surface area contributed by atoms with Gasteiger partial charge in [-0.1, -0.05) is 29.8 Å². The van der Waals surface area contributed by atoms with E-state index in [4.69, 9.17) is 16.3 Å². The monoisotopic (exact) mass is 266 g/mol. The van der Waals surface area contributed by atoms with E-state index in [1.54, 1.807) is 24.3 Å². The predicted octanol–water partition coefficient (Wildman–Crippen LogP) is 3.57. The molecule has 1 unspecified atom stereocenters. The summed E-state index contributed by atoms with van der Waals surface area (Å²) in [4.78, 5) is 0. The quantitative estimate of drug-likeness (QED) is 0.920. The fourth-order valence-electron chi connectivity index (χ4n) is 1.80. The number of benzene rings is 2. The summed E-state index contributed by atoms with van der Waals surface area (Å²) in [6, 6.07) is 11.0. The Morgan fingerprint density at radius 1 is 1.22 bits per heavy atom. The zero-order valence-electron chi connectivity index (χ0n) is 9.73. The molecule has 0 bridgehead atoms. The highest BCUT2D eigenvalue weighted by molar-refractivity contribution is 6.30. The van der Waals surface area contributed by atoms with Gasteiger partial charge in [-0.2, -0.15) is 0 Å². The van der Waals surface area contributed by atoms with Gasteiger partial charge in [-0.05, 0) is 29.8 Å². The summed E-state index contributed by atoms with van der Waals surface area (Å²) >= 11 is 5.77. The molecule has 0 saturated heterocycles. The summed E-state index contributed by atoms with van der Waals surface area (Å²) < 4.78 is 18.4. The van der Waals surface area contributed by atoms with Gasteiger partial charge in [0.15, 0.2) is 0 Å². The maximum Gasteiger partial charge on any atom is 0.125 e. The standard InChI is InChI=1S/C14H12ClFO2/c1-18-13-5-3-2-4-12(13)14(17)9-6-10(15)8-11(16)7-9/h2-8,14,17H,1H3. The fraction of sp³-hybridized carbons (Fsp3) is 0.143. The van der Waals surface area contributed by atoms with Crippen LogP contribution in [0.15, 0.2) is 42.5 Å². The lowest BCUT2D eigenvalue weighted by atomic mass is 10.0. The summed E-state index contributed by atoms with van der Waals surface area (Å²) in [7, 11) is 1.52. The van der Waals surface area contributed by atoms with Gasteiger partial charge in [-0.3, -0.25) is 0 Å². The van der Waals surface area contributed by atoms with Crippen LogP contribution in [0.5, 0.6) is 5.75 Å². The van der Waals surface area contributed by atoms with E-state index in [-0.39, 0.29) is 5.02 Å². The van der Waals surface area contributed by atoms with Crippen LogP contribution < -0.4 is 4.74 Å². The highest BCUT2D eigenvalue weighted by Crippen LogP contribution is 2.31. The number of ether oxygens (including phenoxy) is 1. The minimum Gasteiger partial charge on any atom is -0.496 e. The van der Waals surface area contributed by atoms with Gasteiger partial charge in [0, 0.05) is 10.6 Å². The number of halogens is 2. The van der Waals surface area contributed by atoms with Crippen molar-refractivity contribution in [3.05, 3.63) is 64.4 Å². The van der Waals surface area contributed by atoms with Crippen molar-refractivity contribution in [1.82, 2.24) is 0 Å². The van der Waals surface area contributed by atoms with E-state index in [2.05, 4.69) is 0 Å². The van der Waals surface area contributed by atoms with Crippen LogP contribution in [-0.4, -0.2) is 12.2 Å². The van der Waals surface area contributed by atoms with Gasteiger partial charge in [0.1, 0.15) is 17.7 Å². The molecule has 18 heavy (non-hydrogen) atoms. The molecule has 2 aromatic rings. The second kappa shape index (κ2) is 5.38. The third-order valence-electron chi connectivity index (χ3n) is 2.63. The van der Waals surface area contributed by atoms with Crippen LogP contribution in [-0.2, 0) is 0 Å². The molecule has 0 aliphatic rings. The lowest BCUT2D eigenvalue weighted by Crippen LogP contribution is -2.02. The molecule has 0 radical (unpaired) electrons. The van der Waals surface area contributed by atoms with Crippen molar-refractivity contribution in [3.63, 3.8) is 0 Å². The van der Waals surface area contributed by atoms with Crippen LogP contribution >= 0.6 is 11.6 Å². The summed E-state index contributed by atoms with van der Waals surface area (Å²) in [5.41, 5.74) is 0.964. The Hall–Kier alpha value is -1.58. The van der Waals surface area contributed by atoms with Crippen molar-refractivity contribution in [2.45, 2.75) is 6.10 Å². The summed E-state index contributed by atoms with van der Waals surface area (Å²) in [5, 5.41) is 10.5. The maximum absolute atomic E-state index is 13.3. The molecule has 0 aromatic heterocycles. The van der Waals surface area contributed by atoms with Crippen LogP contribution in [0.1, 0.15) is 17.2 Å². The highest BCUT2D eigenvalue weighted by atomic mass is 35.5. The van der Waals surface area contributed by atoms with E-state index in [0.717, 1.165) is 0 Å². The van der Waals surface area contributed by atoms with Gasteiger partial charge >= 0.3 is 0 Å². The SMILES string of the molecule is COc1ccccc1C(O)c1cc(F)cc(Cl)c1. The molecule has 0 aliphatic heterocycles. The Balaban J connectivity index is 2.44. The molecular formula is C14H12ClFO2. The van der Waals surface area contributed by atoms with Crippen LogP contribution in [0.25, 0.3) is 0 Å². The number of aliphatic hydroxyl groups is 1. The molecule has 0 amide bonds. The van der Waals surface area contributed by atoms with E-state index >= 15 is 0 Å². The number of hydrogen-bond acceptors (Lipinski definition) is 2. The largest absolute Gasteiger partial charge is 0.496 e. The molecule has 2 aromatic carbocycles. The molecule has 0 aliphatic carbocycles. The average molecular weight is 267 g/mol. The molecule has 4 heteroatoms. The van der Waals surface area contributed by atoms with Crippen molar-refractivity contribution in [2.75, 3.05) is 7.11 Å². The van der Waals surface area contributed by atoms with Crippen LogP contribution in [0.3, 0.4) is 0 Å². The van der Waals surface area contributed by atoms with Crippen molar-refractivity contribution >= 4 is 11.6 Å². The third kappa shape index (κ3) is 2.63. The maximum atomic E-state index is 13.3. The topological polar surface area (TPSA) is 29.5 Å². The van der Waals surface area contributed by atoms with E-state index in [1.165, 1.54) is 25.3 Å². The highest BCUT2D eigenvalue weighted by Gasteiger charge is 2.16. The number of methoxy groups -OCH3 is 1. The smallest absolute Gasteiger partial charge is 0.125 e. The first-order chi connectivity index (χ1) is 8.61. The Bertz CT molecular complexity index is 537. The normalized spacial score (nSPS) is 12.2. The summed E-state index contributed by atoms with van der Waals surface area (Å²) in [6.07, 6.45) is -0.977. The first-order valence-electron chi connectivity index (χ1n) is 5.39. The van der Waals surface area contributed by atoms with Crippen molar-refractivity contribution < 1.29 is 14.2 Å². The first kappa shape index (κ1) is 12.9. The van der Waals surface area contributed by atoms with E-state index in [0.29, 0.717) is 16.9 Å². The van der Waals surface area contributed by atoms with Crippen LogP contribution in [0, 0.1) is 5.82 Å². The Morgan fingerprint density at radius 2 is 1.94 bits per heavy atom. The summed E-state index contributed by atoms with van der Waals surface area (Å²) in [6.45, 7) is 0. The van der Waals surface area contributed by atoms with Gasteiger partial charge < -0.3 is 9.84 Å². The van der Waals surface area contributed by atoms with Gasteiger partial charge in [-0.25, -0.2) is 4.39 Å². The van der Waals surface area contributed by atoms with Gasteiger partial charge in [0.25, 0.3) is 0 Å². The van der Waals surface area contributed by atoms with Gasteiger partial charge in [0.2, 0.25) is 0 Å². The fourth-order valence-corrected chi connectivity index (χ4v) is 2.04. The molecule has 1 N–H and O–H groups in total. The molecule has 2 rings (SSSR count). The molecular weight excluding hydrogens is 255 g/mol. The van der Waals surface area contributed by atoms with Crippen LogP contribution in [0.4, 0.5) is 4.39 Å². The number of para-hydroxylation sites is 1. The molecule has 0 spiro atoms. The van der Waals surface area contributed by atoms with Crippen molar-refractivity contribution in [1.29, 1.82) is 0 Å². The molecule has 2 nitrogen and oxygen atoms in total. The lowest BCUT2D eigenvalue weighted by Gasteiger charge is -2.15. The van der Waals surface area contributed by atoms with Gasteiger partial charge in [0.05, 0.1) is 7.11 Å². The Labute approximate surface area is 110 Å². The average Bonchev–Trinajstić information content (AvgIpc) is 2.36. The van der Waals surface area contributed by atoms with E-state index < -0.39 is 11.9 Å². The number of rotatable bonds is 3. The van der Waals surface area contributed by atoms with E-state index in [9.17, 15) is 9.50 Å². The van der Waals surface area contributed by atoms with E-state index in [1.807, 2.05) is 0 Å². The zero-order chi connectivity index (χ0) is 13.1. The van der Waals surface area contributed by atoms with Gasteiger partial charge in [-0.15, -0.1) is 0 Å². The van der Waals surface area contributed by atoms with Crippen molar-refractivity contribution in [2.24, 2.45) is 0 Å². The zero-order valence-corrected chi connectivity index (χ0v) is 10.5. The minimum absolute atomic E-state index is 0.249. The molecule has 0 saturated carbocycles. The Morgan fingerprint density at radius 3 is 2.61 bits per heavy atom. The predicted molar refractivity (Wildman–Crippen MR) is 68.5 cm³/mol. The first-order valence-corrected chi connectivity index (χ1v) is 5.76. The third-order valence-corrected chi connectivity index (χ3v) is 2.85. The lowest BCUT2D eigenvalue weighted by molar-refractivity contribution is 0.214. The molecule has 1 atom stereocenters. The number of hydrogen-bond donors (Lipinski definition) is 1. The molecule has 94 valence electrons. The second-order valence-corrected chi connectivity index (χ2v) is 4.28.